The molecule has 1 amide bonds. The maximum atomic E-state index is 11.7. The van der Waals surface area contributed by atoms with Crippen LogP contribution in [0.3, 0.4) is 0 Å². The Morgan fingerprint density at radius 1 is 1.58 bits per heavy atom. The molecule has 19 heavy (non-hydrogen) atoms. The van der Waals surface area contributed by atoms with Gasteiger partial charge in [0.25, 0.3) is 5.91 Å². The number of aromatic nitrogens is 1. The number of aliphatic hydroxyl groups is 1. The number of nitrogens with one attached hydrogen (secondary N) is 1. The molecule has 0 radical (unpaired) electrons. The first kappa shape index (κ1) is 15.0. The Balaban J connectivity index is 3.02. The zero-order valence-corrected chi connectivity index (χ0v) is 10.8. The zero-order chi connectivity index (χ0) is 14.6. The summed E-state index contributed by atoms with van der Waals surface area (Å²) in [6, 6.07) is -0.595. The molecule has 0 aliphatic heterocycles. The fourth-order valence-corrected chi connectivity index (χ4v) is 1.52. The van der Waals surface area contributed by atoms with E-state index in [-0.39, 0.29) is 10.0 Å². The number of pyridine rings is 1. The number of hydrogen-bond donors (Lipinski definition) is 3. The van der Waals surface area contributed by atoms with Crippen molar-refractivity contribution in [2.75, 3.05) is 6.61 Å². The van der Waals surface area contributed by atoms with Crippen LogP contribution in [-0.2, 0) is 4.79 Å². The van der Waals surface area contributed by atoms with Gasteiger partial charge in [-0.05, 0) is 25.8 Å². The number of nitrogens with zero attached hydrogens (tertiary/aromatic N) is 2. The molecule has 102 valence electrons. The molecule has 1 rings (SSSR count). The van der Waals surface area contributed by atoms with Gasteiger partial charge >= 0.3 is 11.8 Å². The number of aliphatic hydroxyl groups excluding tert-OH is 1. The summed E-state index contributed by atoms with van der Waals surface area (Å²) in [6.45, 7) is -0.800. The number of carboxylic acid groups (broad SMARTS) is 1. The predicted molar refractivity (Wildman–Crippen MR) is 64.6 cm³/mol. The number of amides is 1. The van der Waals surface area contributed by atoms with Crippen molar-refractivity contribution >= 4 is 33.6 Å². The normalized spacial score (nSPS) is 11.7. The van der Waals surface area contributed by atoms with Crippen molar-refractivity contribution in [2.24, 2.45) is 0 Å². The molecule has 3 N–H and O–H groups in total. The first-order valence-electron chi connectivity index (χ1n) is 4.81. The van der Waals surface area contributed by atoms with Crippen LogP contribution < -0.4 is 5.32 Å². The van der Waals surface area contributed by atoms with Gasteiger partial charge in [-0.15, -0.1) is 0 Å². The SMILES string of the molecule is O=C(NC(CO)C(=O)O)c1cc([N+](=O)[O-])ncc1Br. The molecule has 9 nitrogen and oxygen atoms in total. The van der Waals surface area contributed by atoms with Crippen molar-refractivity contribution < 1.29 is 24.7 Å². The number of halogens is 1. The average Bonchev–Trinajstić information content (AvgIpc) is 2.35. The van der Waals surface area contributed by atoms with Crippen molar-refractivity contribution in [1.82, 2.24) is 10.3 Å². The van der Waals surface area contributed by atoms with Crippen molar-refractivity contribution in [3.05, 3.63) is 32.4 Å². The molecule has 1 unspecified atom stereocenters. The lowest BCUT2D eigenvalue weighted by atomic mass is 10.2. The van der Waals surface area contributed by atoms with Crippen molar-refractivity contribution in [1.29, 1.82) is 0 Å². The maximum Gasteiger partial charge on any atom is 0.364 e. The summed E-state index contributed by atoms with van der Waals surface area (Å²) >= 11 is 2.97. The van der Waals surface area contributed by atoms with E-state index in [4.69, 9.17) is 10.2 Å². The maximum absolute atomic E-state index is 11.7. The number of nitro groups is 1. The highest BCUT2D eigenvalue weighted by atomic mass is 79.9. The van der Waals surface area contributed by atoms with Gasteiger partial charge in [0, 0.05) is 6.07 Å². The molecule has 0 aromatic carbocycles. The second kappa shape index (κ2) is 6.20. The number of rotatable bonds is 5. The molecular weight excluding hydrogens is 326 g/mol. The fraction of sp³-hybridized carbons (Fsp3) is 0.222. The minimum absolute atomic E-state index is 0.151. The van der Waals surface area contributed by atoms with E-state index in [9.17, 15) is 19.7 Å². The lowest BCUT2D eigenvalue weighted by Gasteiger charge is -2.11. The summed E-state index contributed by atoms with van der Waals surface area (Å²) in [4.78, 5) is 35.6. The molecule has 1 aromatic rings. The molecule has 1 heterocycles. The summed E-state index contributed by atoms with van der Waals surface area (Å²) in [6.07, 6.45) is 1.06. The Morgan fingerprint density at radius 3 is 2.68 bits per heavy atom. The average molecular weight is 334 g/mol. The number of aliphatic carboxylic acids is 1. The van der Waals surface area contributed by atoms with E-state index in [0.29, 0.717) is 0 Å². The summed E-state index contributed by atoms with van der Waals surface area (Å²) in [7, 11) is 0. The van der Waals surface area contributed by atoms with Gasteiger partial charge in [-0.3, -0.25) is 4.79 Å². The Labute approximate surface area is 114 Å². The third-order valence-corrected chi connectivity index (χ3v) is 2.69. The summed E-state index contributed by atoms with van der Waals surface area (Å²) in [5.74, 6) is -2.85. The molecule has 0 aliphatic carbocycles. The van der Waals surface area contributed by atoms with Crippen LogP contribution in [0, 0.1) is 10.1 Å². The Kier molecular flexibility index (Phi) is 4.89. The second-order valence-corrected chi connectivity index (χ2v) is 4.18. The minimum Gasteiger partial charge on any atom is -0.480 e. The van der Waals surface area contributed by atoms with E-state index in [1.54, 1.807) is 0 Å². The van der Waals surface area contributed by atoms with Gasteiger partial charge in [-0.25, -0.2) is 4.79 Å². The molecule has 10 heteroatoms. The number of hydrogen-bond acceptors (Lipinski definition) is 6. The van der Waals surface area contributed by atoms with Crippen molar-refractivity contribution in [3.8, 4) is 0 Å². The molecule has 0 aliphatic rings. The lowest BCUT2D eigenvalue weighted by molar-refractivity contribution is -0.389. The predicted octanol–water partition coefficient (Wildman–Crippen LogP) is -0.0724. The fourth-order valence-electron chi connectivity index (χ4n) is 1.12. The standard InChI is InChI=1S/C9H8BrN3O6/c10-5-2-11-7(13(18)19)1-4(5)8(15)12-6(3-14)9(16)17/h1-2,6,14H,3H2,(H,12,15)(H,16,17). The highest BCUT2D eigenvalue weighted by molar-refractivity contribution is 9.10. The van der Waals surface area contributed by atoms with Gasteiger partial charge in [0.1, 0.15) is 0 Å². The molecule has 0 saturated heterocycles. The van der Waals surface area contributed by atoms with Crippen molar-refractivity contribution in [3.63, 3.8) is 0 Å². The highest BCUT2D eigenvalue weighted by Crippen LogP contribution is 2.19. The van der Waals surface area contributed by atoms with Crippen LogP contribution in [0.5, 0.6) is 0 Å². The topological polar surface area (TPSA) is 143 Å². The summed E-state index contributed by atoms with van der Waals surface area (Å²) in [5, 5.41) is 30.0. The minimum atomic E-state index is -1.49. The van der Waals surface area contributed by atoms with E-state index in [1.807, 2.05) is 5.32 Å². The van der Waals surface area contributed by atoms with E-state index in [0.717, 1.165) is 12.3 Å². The molecular formula is C9H8BrN3O6. The smallest absolute Gasteiger partial charge is 0.364 e. The molecule has 1 atom stereocenters. The molecule has 0 saturated carbocycles. The molecule has 0 bridgehead atoms. The summed E-state index contributed by atoms with van der Waals surface area (Å²) in [5.41, 5.74) is -0.151. The van der Waals surface area contributed by atoms with E-state index in [1.165, 1.54) is 0 Å². The third-order valence-electron chi connectivity index (χ3n) is 2.06. The number of carbonyl (C=O) groups is 2. The molecule has 0 spiro atoms. The Hall–Kier alpha value is -2.07. The quantitative estimate of drug-likeness (QED) is 0.505. The van der Waals surface area contributed by atoms with Gasteiger partial charge in [0.05, 0.1) is 16.6 Å². The number of carbonyl (C=O) groups excluding carboxylic acids is 1. The summed E-state index contributed by atoms with van der Waals surface area (Å²) < 4.78 is 0.165. The van der Waals surface area contributed by atoms with Gasteiger partial charge < -0.3 is 25.6 Å². The first-order valence-corrected chi connectivity index (χ1v) is 5.60. The van der Waals surface area contributed by atoms with Gasteiger partial charge in [0.2, 0.25) is 0 Å². The van der Waals surface area contributed by atoms with Crippen LogP contribution >= 0.6 is 15.9 Å². The van der Waals surface area contributed by atoms with E-state index >= 15 is 0 Å². The molecule has 0 fully saturated rings. The van der Waals surface area contributed by atoms with Crippen LogP contribution in [0.2, 0.25) is 0 Å². The van der Waals surface area contributed by atoms with Gasteiger partial charge in [0.15, 0.2) is 12.2 Å². The lowest BCUT2D eigenvalue weighted by Crippen LogP contribution is -2.43. The van der Waals surface area contributed by atoms with Crippen LogP contribution in [0.15, 0.2) is 16.7 Å². The highest BCUT2D eigenvalue weighted by Gasteiger charge is 2.23. The third kappa shape index (κ3) is 3.69. The monoisotopic (exact) mass is 333 g/mol. The van der Waals surface area contributed by atoms with Crippen LogP contribution in [-0.4, -0.2) is 44.6 Å². The Morgan fingerprint density at radius 2 is 2.21 bits per heavy atom. The van der Waals surface area contributed by atoms with Crippen LogP contribution in [0.1, 0.15) is 10.4 Å². The van der Waals surface area contributed by atoms with Gasteiger partial charge in [-0.1, -0.05) is 0 Å². The number of carboxylic acids is 1. The molecule has 1 aromatic heterocycles. The second-order valence-electron chi connectivity index (χ2n) is 3.33. The van der Waals surface area contributed by atoms with Gasteiger partial charge in [-0.2, -0.15) is 0 Å². The zero-order valence-electron chi connectivity index (χ0n) is 9.24. The van der Waals surface area contributed by atoms with Crippen LogP contribution in [0.25, 0.3) is 0 Å². The first-order chi connectivity index (χ1) is 8.86. The van der Waals surface area contributed by atoms with Crippen LogP contribution in [0.4, 0.5) is 5.82 Å². The Bertz CT molecular complexity index is 535. The van der Waals surface area contributed by atoms with E-state index in [2.05, 4.69) is 20.9 Å². The largest absolute Gasteiger partial charge is 0.480 e. The van der Waals surface area contributed by atoms with E-state index < -0.39 is 35.3 Å². The van der Waals surface area contributed by atoms with Crippen molar-refractivity contribution in [2.45, 2.75) is 6.04 Å².